The van der Waals surface area contributed by atoms with E-state index in [2.05, 4.69) is 0 Å². The predicted molar refractivity (Wildman–Crippen MR) is 63.3 cm³/mol. The van der Waals surface area contributed by atoms with Gasteiger partial charge in [0.2, 0.25) is 0 Å². The van der Waals surface area contributed by atoms with Crippen molar-refractivity contribution < 1.29 is 4.79 Å². The normalized spacial score (nSPS) is 23.5. The molecule has 0 spiro atoms. The molecule has 16 heavy (non-hydrogen) atoms. The Kier molecular flexibility index (Phi) is 1.97. The lowest BCUT2D eigenvalue weighted by Crippen LogP contribution is -2.35. The molecule has 0 amide bonds. The molecule has 7 nitrogen and oxygen atoms in total. The van der Waals surface area contributed by atoms with Gasteiger partial charge in [-0.25, -0.2) is 0 Å². The van der Waals surface area contributed by atoms with E-state index in [1.165, 1.54) is 0 Å². The molecule has 0 aliphatic heterocycles. The summed E-state index contributed by atoms with van der Waals surface area (Å²) in [4.78, 5) is 11.8. The first kappa shape index (κ1) is 10.5. The summed E-state index contributed by atoms with van der Waals surface area (Å²) in [5.41, 5.74) is 35.4. The molecule has 86 valence electrons. The van der Waals surface area contributed by atoms with Gasteiger partial charge in [0, 0.05) is 5.56 Å². The van der Waals surface area contributed by atoms with Crippen LogP contribution in [0.25, 0.3) is 0 Å². The number of anilines is 4. The molecule has 0 saturated heterocycles. The highest BCUT2D eigenvalue weighted by atomic mass is 16.1. The van der Waals surface area contributed by atoms with E-state index in [1.807, 2.05) is 0 Å². The molecule has 0 saturated carbocycles. The fourth-order valence-electron chi connectivity index (χ4n) is 1.97. The van der Waals surface area contributed by atoms with Gasteiger partial charge in [-0.3, -0.25) is 4.79 Å². The van der Waals surface area contributed by atoms with Gasteiger partial charge in [0.1, 0.15) is 0 Å². The molecule has 2 atom stereocenters. The standard InChI is InChI=1S/C9H14N6O/c10-3-1-2(5(12)7(14)6(3)13)9(16)8(15)4(1)11/h4,8H,10-15H2. The van der Waals surface area contributed by atoms with Gasteiger partial charge in [-0.2, -0.15) is 0 Å². The zero-order valence-corrected chi connectivity index (χ0v) is 8.53. The number of hydrogen-bond acceptors (Lipinski definition) is 7. The second-order valence-corrected chi connectivity index (χ2v) is 3.86. The van der Waals surface area contributed by atoms with Crippen molar-refractivity contribution in [1.29, 1.82) is 0 Å². The number of nitrogens with two attached hydrogens (primary N) is 6. The van der Waals surface area contributed by atoms with Crippen molar-refractivity contribution in [3.8, 4) is 0 Å². The number of hydrogen-bond donors (Lipinski definition) is 6. The summed E-state index contributed by atoms with van der Waals surface area (Å²) in [6.45, 7) is 0. The number of Topliss-reactive ketones (excluding diaryl/α,β-unsaturated/α-hetero) is 1. The molecule has 0 aromatic heterocycles. The Balaban J connectivity index is 2.86. The quantitative estimate of drug-likeness (QED) is 0.291. The van der Waals surface area contributed by atoms with Crippen LogP contribution in [0, 0.1) is 0 Å². The van der Waals surface area contributed by atoms with Crippen molar-refractivity contribution in [3.63, 3.8) is 0 Å². The van der Waals surface area contributed by atoms with E-state index in [1.54, 1.807) is 0 Å². The average molecular weight is 222 g/mol. The summed E-state index contributed by atoms with van der Waals surface area (Å²) in [5.74, 6) is -0.349. The molecule has 2 unspecified atom stereocenters. The van der Waals surface area contributed by atoms with Crippen LogP contribution in [-0.4, -0.2) is 11.8 Å². The molecule has 1 aromatic carbocycles. The summed E-state index contributed by atoms with van der Waals surface area (Å²) in [5, 5.41) is 0. The van der Waals surface area contributed by atoms with E-state index in [0.717, 1.165) is 0 Å². The Hall–Kier alpha value is -1.99. The fraction of sp³-hybridized carbons (Fsp3) is 0.222. The monoisotopic (exact) mass is 222 g/mol. The van der Waals surface area contributed by atoms with Gasteiger partial charge in [0.15, 0.2) is 5.78 Å². The van der Waals surface area contributed by atoms with E-state index < -0.39 is 12.1 Å². The van der Waals surface area contributed by atoms with Gasteiger partial charge < -0.3 is 34.4 Å². The van der Waals surface area contributed by atoms with Crippen LogP contribution in [0.15, 0.2) is 0 Å². The third-order valence-electron chi connectivity index (χ3n) is 2.97. The van der Waals surface area contributed by atoms with Crippen LogP contribution in [0.5, 0.6) is 0 Å². The van der Waals surface area contributed by atoms with Gasteiger partial charge in [0.25, 0.3) is 0 Å². The highest BCUT2D eigenvalue weighted by Gasteiger charge is 2.39. The highest BCUT2D eigenvalue weighted by Crippen LogP contribution is 2.43. The first-order valence-electron chi connectivity index (χ1n) is 4.69. The van der Waals surface area contributed by atoms with Crippen molar-refractivity contribution in [2.45, 2.75) is 12.1 Å². The Bertz CT molecular complexity index is 498. The van der Waals surface area contributed by atoms with Crippen molar-refractivity contribution in [2.75, 3.05) is 22.9 Å². The lowest BCUT2D eigenvalue weighted by molar-refractivity contribution is 0.0968. The van der Waals surface area contributed by atoms with Crippen LogP contribution in [0.2, 0.25) is 0 Å². The molecular formula is C9H14N6O. The summed E-state index contributed by atoms with van der Waals surface area (Å²) in [6, 6.07) is -1.53. The minimum Gasteiger partial charge on any atom is -0.397 e. The van der Waals surface area contributed by atoms with Crippen molar-refractivity contribution in [1.82, 2.24) is 0 Å². The second-order valence-electron chi connectivity index (χ2n) is 3.86. The van der Waals surface area contributed by atoms with E-state index in [0.29, 0.717) is 5.56 Å². The molecule has 12 N–H and O–H groups in total. The molecule has 7 heteroatoms. The van der Waals surface area contributed by atoms with E-state index in [-0.39, 0.29) is 34.1 Å². The van der Waals surface area contributed by atoms with Gasteiger partial charge in [-0.15, -0.1) is 0 Å². The van der Waals surface area contributed by atoms with E-state index in [9.17, 15) is 4.79 Å². The minimum absolute atomic E-state index is 0.103. The Morgan fingerprint density at radius 1 is 0.750 bits per heavy atom. The van der Waals surface area contributed by atoms with Crippen LogP contribution in [0.3, 0.4) is 0 Å². The van der Waals surface area contributed by atoms with Gasteiger partial charge in [-0.05, 0) is 0 Å². The molecule has 1 aliphatic carbocycles. The summed E-state index contributed by atoms with van der Waals surface area (Å²) >= 11 is 0. The van der Waals surface area contributed by atoms with Crippen LogP contribution < -0.4 is 34.4 Å². The summed E-state index contributed by atoms with van der Waals surface area (Å²) < 4.78 is 0. The second kappa shape index (κ2) is 3.00. The van der Waals surface area contributed by atoms with E-state index >= 15 is 0 Å². The van der Waals surface area contributed by atoms with E-state index in [4.69, 9.17) is 34.4 Å². The molecule has 1 aromatic rings. The van der Waals surface area contributed by atoms with Crippen LogP contribution >= 0.6 is 0 Å². The fourth-order valence-corrected chi connectivity index (χ4v) is 1.97. The molecule has 1 aliphatic rings. The number of benzene rings is 1. The maximum atomic E-state index is 11.8. The zero-order valence-electron chi connectivity index (χ0n) is 8.53. The largest absolute Gasteiger partial charge is 0.397 e. The average Bonchev–Trinajstić information content (AvgIpc) is 2.48. The molecule has 0 fully saturated rings. The third kappa shape index (κ3) is 1.01. The summed E-state index contributed by atoms with van der Waals surface area (Å²) in [7, 11) is 0. The molecule has 0 bridgehead atoms. The topological polar surface area (TPSA) is 173 Å². The van der Waals surface area contributed by atoms with Gasteiger partial charge in [-0.1, -0.05) is 0 Å². The van der Waals surface area contributed by atoms with Gasteiger partial charge >= 0.3 is 0 Å². The van der Waals surface area contributed by atoms with Crippen LogP contribution in [0.1, 0.15) is 22.0 Å². The minimum atomic E-state index is -0.846. The number of carbonyl (C=O) groups is 1. The lowest BCUT2D eigenvalue weighted by atomic mass is 10.0. The van der Waals surface area contributed by atoms with Gasteiger partial charge in [0.05, 0.1) is 40.4 Å². The maximum Gasteiger partial charge on any atom is 0.184 e. The first-order valence-corrected chi connectivity index (χ1v) is 4.69. The highest BCUT2D eigenvalue weighted by molar-refractivity contribution is 6.14. The van der Waals surface area contributed by atoms with Crippen molar-refractivity contribution in [2.24, 2.45) is 11.5 Å². The van der Waals surface area contributed by atoms with Crippen LogP contribution in [0.4, 0.5) is 22.7 Å². The Morgan fingerprint density at radius 3 is 1.81 bits per heavy atom. The summed E-state index contributed by atoms with van der Waals surface area (Å²) in [6.07, 6.45) is 0. The lowest BCUT2D eigenvalue weighted by Gasteiger charge is -2.15. The molecule has 0 radical (unpaired) electrons. The molecular weight excluding hydrogens is 208 g/mol. The third-order valence-corrected chi connectivity index (χ3v) is 2.97. The van der Waals surface area contributed by atoms with Crippen LogP contribution in [-0.2, 0) is 0 Å². The smallest absolute Gasteiger partial charge is 0.184 e. The van der Waals surface area contributed by atoms with Crippen molar-refractivity contribution in [3.05, 3.63) is 11.1 Å². The number of nitrogen functional groups attached to an aromatic ring is 4. The Labute approximate surface area is 91.7 Å². The maximum absolute atomic E-state index is 11.8. The number of carbonyl (C=O) groups excluding carboxylic acids is 1. The number of fused-ring (bicyclic) bond motifs is 1. The SMILES string of the molecule is Nc1c(N)c(N)c2c(c1N)C(=O)C(N)C2N. The molecule has 2 rings (SSSR count). The number of ketones is 1. The predicted octanol–water partition coefficient (Wildman–Crippen LogP) is -1.46. The first-order chi connectivity index (χ1) is 7.37. The number of rotatable bonds is 0. The Morgan fingerprint density at radius 2 is 1.25 bits per heavy atom. The molecule has 0 heterocycles. The van der Waals surface area contributed by atoms with Crippen molar-refractivity contribution >= 4 is 28.5 Å². The zero-order chi connectivity index (χ0) is 12.2.